The van der Waals surface area contributed by atoms with Crippen molar-refractivity contribution in [3.63, 3.8) is 0 Å². The number of anilines is 1. The molecule has 154 valence electrons. The maximum atomic E-state index is 15.6. The van der Waals surface area contributed by atoms with Crippen molar-refractivity contribution in [2.75, 3.05) is 23.9 Å². The van der Waals surface area contributed by atoms with Gasteiger partial charge in [0.25, 0.3) is 5.91 Å². The molecular formula is C19H26FN3O4S. The molecule has 2 N–H and O–H groups in total. The first-order valence-electron chi connectivity index (χ1n) is 9.80. The molecule has 9 heteroatoms. The van der Waals surface area contributed by atoms with E-state index in [0.29, 0.717) is 22.2 Å². The molecule has 4 rings (SSSR count). The van der Waals surface area contributed by atoms with Crippen molar-refractivity contribution in [3.05, 3.63) is 23.0 Å². The van der Waals surface area contributed by atoms with Crippen molar-refractivity contribution < 1.29 is 22.7 Å². The molecule has 2 fully saturated rings. The van der Waals surface area contributed by atoms with Crippen LogP contribution in [0.1, 0.15) is 50.2 Å². The summed E-state index contributed by atoms with van der Waals surface area (Å²) < 4.78 is 42.4. The van der Waals surface area contributed by atoms with E-state index in [1.165, 1.54) is 6.07 Å². The van der Waals surface area contributed by atoms with Gasteiger partial charge in [-0.15, -0.1) is 0 Å². The molecule has 2 heterocycles. The van der Waals surface area contributed by atoms with Crippen LogP contribution in [0.2, 0.25) is 0 Å². The van der Waals surface area contributed by atoms with E-state index < -0.39 is 39.9 Å². The Morgan fingerprint density at radius 2 is 2.11 bits per heavy atom. The van der Waals surface area contributed by atoms with Crippen LogP contribution in [0.5, 0.6) is 5.75 Å². The minimum absolute atomic E-state index is 0.0239. The largest absolute Gasteiger partial charge is 0.506 e. The summed E-state index contributed by atoms with van der Waals surface area (Å²) in [5.41, 5.74) is 0.825. The second-order valence-electron chi connectivity index (χ2n) is 8.39. The Balaban J connectivity index is 1.71. The van der Waals surface area contributed by atoms with E-state index in [4.69, 9.17) is 0 Å². The summed E-state index contributed by atoms with van der Waals surface area (Å²) in [6, 6.07) is 1.70. The molecular weight excluding hydrogens is 385 g/mol. The van der Waals surface area contributed by atoms with E-state index in [-0.39, 0.29) is 12.0 Å². The number of benzene rings is 1. The molecule has 1 amide bonds. The fraction of sp³-hybridized carbons (Fsp3) is 0.632. The van der Waals surface area contributed by atoms with Gasteiger partial charge in [0.15, 0.2) is 5.82 Å². The van der Waals surface area contributed by atoms with Crippen LogP contribution in [-0.4, -0.2) is 50.0 Å². The lowest BCUT2D eigenvalue weighted by Crippen LogP contribution is -2.37. The first-order valence-corrected chi connectivity index (χ1v) is 11.2. The third-order valence-electron chi connectivity index (χ3n) is 6.15. The van der Waals surface area contributed by atoms with Crippen molar-refractivity contribution in [1.82, 2.24) is 9.62 Å². The highest BCUT2D eigenvalue weighted by molar-refractivity contribution is 7.92. The number of nitrogens with one attached hydrogen (secondary N) is 1. The number of phenolic OH excluding ortho intramolecular Hbond substituents is 1. The molecule has 0 radical (unpaired) electrons. The predicted molar refractivity (Wildman–Crippen MR) is 103 cm³/mol. The number of likely N-dealkylation sites (tertiary alicyclic amines) is 1. The van der Waals surface area contributed by atoms with Crippen LogP contribution in [0.15, 0.2) is 6.07 Å². The molecule has 2 atom stereocenters. The zero-order chi connectivity index (χ0) is 20.2. The lowest BCUT2D eigenvalue weighted by atomic mass is 9.78. The summed E-state index contributed by atoms with van der Waals surface area (Å²) in [5.74, 6) is -1.32. The summed E-state index contributed by atoms with van der Waals surface area (Å²) >= 11 is 0. The van der Waals surface area contributed by atoms with Gasteiger partial charge in [-0.2, -0.15) is 8.42 Å². The summed E-state index contributed by atoms with van der Waals surface area (Å²) in [6.45, 7) is 5.70. The Morgan fingerprint density at radius 3 is 2.75 bits per heavy atom. The van der Waals surface area contributed by atoms with Crippen molar-refractivity contribution >= 4 is 21.8 Å². The topological polar surface area (TPSA) is 89.9 Å². The van der Waals surface area contributed by atoms with Gasteiger partial charge >= 0.3 is 10.2 Å². The number of phenols is 1. The van der Waals surface area contributed by atoms with E-state index in [1.807, 2.05) is 4.72 Å². The highest BCUT2D eigenvalue weighted by atomic mass is 32.2. The van der Waals surface area contributed by atoms with Crippen LogP contribution in [-0.2, 0) is 21.4 Å². The third kappa shape index (κ3) is 3.14. The fourth-order valence-corrected chi connectivity index (χ4v) is 5.99. The van der Waals surface area contributed by atoms with Gasteiger partial charge in [0.05, 0.1) is 0 Å². The van der Waals surface area contributed by atoms with E-state index >= 15 is 4.39 Å². The zero-order valence-electron chi connectivity index (χ0n) is 16.1. The Labute approximate surface area is 164 Å². The first kappa shape index (κ1) is 19.4. The quantitative estimate of drug-likeness (QED) is 0.789. The molecule has 0 aromatic heterocycles. The monoisotopic (exact) mass is 411 g/mol. The van der Waals surface area contributed by atoms with Crippen LogP contribution in [0.4, 0.5) is 10.1 Å². The smallest absolute Gasteiger partial charge is 0.326 e. The maximum absolute atomic E-state index is 15.6. The van der Waals surface area contributed by atoms with Gasteiger partial charge in [0.2, 0.25) is 0 Å². The number of aryl methyl sites for hydroxylation is 1. The molecule has 1 aromatic carbocycles. The molecule has 1 aromatic rings. The van der Waals surface area contributed by atoms with Gasteiger partial charge in [0, 0.05) is 12.0 Å². The van der Waals surface area contributed by atoms with Crippen LogP contribution in [0.3, 0.4) is 0 Å². The molecule has 2 unspecified atom stereocenters. The van der Waals surface area contributed by atoms with Crippen LogP contribution in [0.25, 0.3) is 0 Å². The number of aromatic hydroxyl groups is 1. The highest BCUT2D eigenvalue weighted by Crippen LogP contribution is 2.47. The molecule has 0 spiro atoms. The number of fused-ring (bicyclic) bond motifs is 3. The summed E-state index contributed by atoms with van der Waals surface area (Å²) in [5, 5.41) is 10.4. The number of halogens is 1. The summed E-state index contributed by atoms with van der Waals surface area (Å²) in [6.07, 6.45) is 3.43. The Morgan fingerprint density at radius 1 is 1.36 bits per heavy atom. The summed E-state index contributed by atoms with van der Waals surface area (Å²) in [4.78, 5) is 14.0. The van der Waals surface area contributed by atoms with E-state index in [2.05, 4.69) is 18.7 Å². The molecule has 0 bridgehead atoms. The number of hydrogen-bond acceptors (Lipinski definition) is 5. The SMILES string of the molecule is CC(C)CCN1CCC2c3c(cc(O)c(N4CC(=O)NS4(=O)=O)c3F)CCC21. The van der Waals surface area contributed by atoms with E-state index in [1.54, 1.807) is 0 Å². The predicted octanol–water partition coefficient (Wildman–Crippen LogP) is 1.86. The lowest BCUT2D eigenvalue weighted by Gasteiger charge is -2.35. The Hall–Kier alpha value is -1.87. The number of nitrogens with zero attached hydrogens (tertiary/aromatic N) is 2. The molecule has 2 saturated heterocycles. The number of rotatable bonds is 4. The minimum Gasteiger partial charge on any atom is -0.506 e. The van der Waals surface area contributed by atoms with Gasteiger partial charge in [0.1, 0.15) is 18.0 Å². The second kappa shape index (κ2) is 6.88. The van der Waals surface area contributed by atoms with Crippen molar-refractivity contribution in [2.45, 2.75) is 51.5 Å². The molecule has 7 nitrogen and oxygen atoms in total. The van der Waals surface area contributed by atoms with Crippen molar-refractivity contribution in [1.29, 1.82) is 0 Å². The zero-order valence-corrected chi connectivity index (χ0v) is 16.9. The normalized spacial score (nSPS) is 26.4. The fourth-order valence-electron chi connectivity index (χ4n) is 4.83. The number of carbonyl (C=O) groups is 1. The molecule has 28 heavy (non-hydrogen) atoms. The van der Waals surface area contributed by atoms with Crippen molar-refractivity contribution in [2.24, 2.45) is 5.92 Å². The first-order chi connectivity index (χ1) is 13.2. The number of amides is 1. The van der Waals surface area contributed by atoms with Crippen LogP contribution < -0.4 is 9.03 Å². The van der Waals surface area contributed by atoms with E-state index in [9.17, 15) is 18.3 Å². The molecule has 3 aliphatic rings. The third-order valence-corrected chi connectivity index (χ3v) is 7.53. The standard InChI is InChI=1S/C19H26FN3O4S/c1-11(2)5-7-22-8-6-13-14(22)4-3-12-9-15(24)19(18(20)17(12)13)23-10-16(25)21-28(23,26)27/h9,11,13-14,24H,3-8,10H2,1-2H3,(H,21,25). The second-order valence-corrected chi connectivity index (χ2v) is 9.98. The van der Waals surface area contributed by atoms with E-state index in [0.717, 1.165) is 37.9 Å². The Bertz CT molecular complexity index is 918. The average molecular weight is 411 g/mol. The van der Waals surface area contributed by atoms with Gasteiger partial charge in [-0.25, -0.2) is 13.4 Å². The van der Waals surface area contributed by atoms with Crippen LogP contribution in [0, 0.1) is 11.7 Å². The Kier molecular flexibility index (Phi) is 4.78. The maximum Gasteiger partial charge on any atom is 0.326 e. The van der Waals surface area contributed by atoms with Crippen molar-refractivity contribution in [3.8, 4) is 5.75 Å². The number of hydrogen-bond donors (Lipinski definition) is 2. The van der Waals surface area contributed by atoms with Gasteiger partial charge in [-0.3, -0.25) is 9.69 Å². The van der Waals surface area contributed by atoms with Gasteiger partial charge in [-0.05, 0) is 61.9 Å². The summed E-state index contributed by atoms with van der Waals surface area (Å²) in [7, 11) is -4.19. The molecule has 2 aliphatic heterocycles. The molecule has 1 aliphatic carbocycles. The van der Waals surface area contributed by atoms with Crippen LogP contribution >= 0.6 is 0 Å². The number of carbonyl (C=O) groups excluding carboxylic acids is 1. The van der Waals surface area contributed by atoms with Gasteiger partial charge < -0.3 is 5.11 Å². The van der Waals surface area contributed by atoms with Gasteiger partial charge in [-0.1, -0.05) is 13.8 Å². The average Bonchev–Trinajstić information content (AvgIpc) is 3.12. The minimum atomic E-state index is -4.19. The molecule has 0 saturated carbocycles. The lowest BCUT2D eigenvalue weighted by molar-refractivity contribution is -0.117. The highest BCUT2D eigenvalue weighted by Gasteiger charge is 2.44.